The summed E-state index contributed by atoms with van der Waals surface area (Å²) in [5, 5.41) is 8.57. The first-order chi connectivity index (χ1) is 7.63. The SMILES string of the molecule is Cn1c(=O)oc2ccc(C(N)CC#N)cc21. The second kappa shape index (κ2) is 3.83. The van der Waals surface area contributed by atoms with Gasteiger partial charge in [-0.25, -0.2) is 4.79 Å². The number of hydrogen-bond donors (Lipinski definition) is 1. The fourth-order valence-corrected chi connectivity index (χ4v) is 1.59. The van der Waals surface area contributed by atoms with Crippen LogP contribution in [0.15, 0.2) is 27.4 Å². The Balaban J connectivity index is 2.55. The van der Waals surface area contributed by atoms with Gasteiger partial charge in [-0.3, -0.25) is 4.57 Å². The Kier molecular flexibility index (Phi) is 2.50. The number of nitrogens with zero attached hydrogens (tertiary/aromatic N) is 2. The van der Waals surface area contributed by atoms with Gasteiger partial charge in [0.25, 0.3) is 0 Å². The summed E-state index contributed by atoms with van der Waals surface area (Å²) in [6.45, 7) is 0. The average Bonchev–Trinajstić information content (AvgIpc) is 2.55. The Bertz CT molecular complexity index is 618. The zero-order valence-corrected chi connectivity index (χ0v) is 8.80. The molecule has 16 heavy (non-hydrogen) atoms. The molecular weight excluding hydrogens is 206 g/mol. The number of aryl methyl sites for hydroxylation is 1. The lowest BCUT2D eigenvalue weighted by Gasteiger charge is -2.07. The third-order valence-electron chi connectivity index (χ3n) is 2.55. The standard InChI is InChI=1S/C11H11N3O2/c1-14-9-6-7(8(13)4-5-12)2-3-10(9)16-11(14)15/h2-3,6,8H,4,13H2,1H3. The highest BCUT2D eigenvalue weighted by atomic mass is 16.4. The molecule has 0 aliphatic carbocycles. The highest BCUT2D eigenvalue weighted by Crippen LogP contribution is 2.19. The van der Waals surface area contributed by atoms with E-state index < -0.39 is 5.76 Å². The molecule has 0 saturated carbocycles. The third kappa shape index (κ3) is 1.59. The molecule has 0 amide bonds. The normalized spacial score (nSPS) is 12.6. The minimum Gasteiger partial charge on any atom is -0.408 e. The lowest BCUT2D eigenvalue weighted by Crippen LogP contribution is -2.10. The number of nitriles is 1. The summed E-state index contributed by atoms with van der Waals surface area (Å²) in [4.78, 5) is 11.3. The molecule has 2 aromatic rings. The van der Waals surface area contributed by atoms with Gasteiger partial charge < -0.3 is 10.2 Å². The van der Waals surface area contributed by atoms with E-state index in [1.165, 1.54) is 4.57 Å². The van der Waals surface area contributed by atoms with Crippen molar-refractivity contribution >= 4 is 11.1 Å². The predicted molar refractivity (Wildman–Crippen MR) is 58.6 cm³/mol. The van der Waals surface area contributed by atoms with Crippen molar-refractivity contribution in [1.29, 1.82) is 5.26 Å². The summed E-state index contributed by atoms with van der Waals surface area (Å²) in [5.41, 5.74) is 7.86. The molecule has 2 rings (SSSR count). The lowest BCUT2D eigenvalue weighted by molar-refractivity contribution is 0.528. The maximum atomic E-state index is 11.3. The molecule has 1 aromatic carbocycles. The Morgan fingerprint density at radius 2 is 2.38 bits per heavy atom. The number of benzene rings is 1. The molecule has 0 bridgehead atoms. The number of rotatable bonds is 2. The van der Waals surface area contributed by atoms with Crippen LogP contribution in [-0.4, -0.2) is 4.57 Å². The van der Waals surface area contributed by atoms with Crippen molar-refractivity contribution in [2.75, 3.05) is 0 Å². The van der Waals surface area contributed by atoms with Crippen LogP contribution >= 0.6 is 0 Å². The van der Waals surface area contributed by atoms with Gasteiger partial charge in [-0.1, -0.05) is 6.07 Å². The first-order valence-electron chi connectivity index (χ1n) is 4.85. The molecule has 0 radical (unpaired) electrons. The van der Waals surface area contributed by atoms with Crippen molar-refractivity contribution in [2.24, 2.45) is 12.8 Å². The number of oxazole rings is 1. The fraction of sp³-hybridized carbons (Fsp3) is 0.273. The maximum Gasteiger partial charge on any atom is 0.419 e. The van der Waals surface area contributed by atoms with E-state index >= 15 is 0 Å². The van der Waals surface area contributed by atoms with E-state index in [1.54, 1.807) is 25.2 Å². The van der Waals surface area contributed by atoms with Crippen molar-refractivity contribution in [3.05, 3.63) is 34.3 Å². The zero-order chi connectivity index (χ0) is 11.7. The van der Waals surface area contributed by atoms with Crippen LogP contribution in [0.2, 0.25) is 0 Å². The lowest BCUT2D eigenvalue weighted by atomic mass is 10.1. The molecule has 5 nitrogen and oxygen atoms in total. The van der Waals surface area contributed by atoms with Gasteiger partial charge in [-0.15, -0.1) is 0 Å². The predicted octanol–water partition coefficient (Wildman–Crippen LogP) is 1.04. The van der Waals surface area contributed by atoms with Crippen molar-refractivity contribution < 1.29 is 4.42 Å². The van der Waals surface area contributed by atoms with Crippen LogP contribution in [0.4, 0.5) is 0 Å². The van der Waals surface area contributed by atoms with Crippen molar-refractivity contribution in [2.45, 2.75) is 12.5 Å². The molecule has 0 fully saturated rings. The fourth-order valence-electron chi connectivity index (χ4n) is 1.59. The number of aromatic nitrogens is 1. The summed E-state index contributed by atoms with van der Waals surface area (Å²) >= 11 is 0. The zero-order valence-electron chi connectivity index (χ0n) is 8.80. The van der Waals surface area contributed by atoms with Gasteiger partial charge in [0.2, 0.25) is 0 Å². The monoisotopic (exact) mass is 217 g/mol. The first kappa shape index (κ1) is 10.5. The van der Waals surface area contributed by atoms with Gasteiger partial charge in [0.1, 0.15) is 0 Å². The van der Waals surface area contributed by atoms with Crippen LogP contribution < -0.4 is 11.5 Å². The van der Waals surface area contributed by atoms with Crippen LogP contribution in [0, 0.1) is 11.3 Å². The Hall–Kier alpha value is -2.06. The van der Waals surface area contributed by atoms with E-state index in [2.05, 4.69) is 0 Å². The van der Waals surface area contributed by atoms with Gasteiger partial charge in [0, 0.05) is 13.1 Å². The van der Waals surface area contributed by atoms with Crippen LogP contribution in [0.5, 0.6) is 0 Å². The molecule has 0 aliphatic heterocycles. The van der Waals surface area contributed by atoms with Crippen molar-refractivity contribution in [1.82, 2.24) is 4.57 Å². The number of nitrogens with two attached hydrogens (primary N) is 1. The molecular formula is C11H11N3O2. The van der Waals surface area contributed by atoms with E-state index in [9.17, 15) is 4.79 Å². The second-order valence-electron chi connectivity index (χ2n) is 3.62. The van der Waals surface area contributed by atoms with E-state index in [4.69, 9.17) is 15.4 Å². The Morgan fingerprint density at radius 3 is 3.06 bits per heavy atom. The van der Waals surface area contributed by atoms with Gasteiger partial charge >= 0.3 is 5.76 Å². The molecule has 1 aromatic heterocycles. The van der Waals surface area contributed by atoms with Crippen LogP contribution in [-0.2, 0) is 7.05 Å². The van der Waals surface area contributed by atoms with Crippen molar-refractivity contribution in [3.63, 3.8) is 0 Å². The van der Waals surface area contributed by atoms with E-state index in [0.717, 1.165) is 5.56 Å². The molecule has 1 atom stereocenters. The quantitative estimate of drug-likeness (QED) is 0.814. The van der Waals surface area contributed by atoms with Crippen LogP contribution in [0.1, 0.15) is 18.0 Å². The summed E-state index contributed by atoms with van der Waals surface area (Å²) < 4.78 is 6.41. The van der Waals surface area contributed by atoms with E-state index in [-0.39, 0.29) is 12.5 Å². The molecule has 1 unspecified atom stereocenters. The summed E-state index contributed by atoms with van der Waals surface area (Å²) in [5.74, 6) is -0.402. The van der Waals surface area contributed by atoms with Gasteiger partial charge in [0.15, 0.2) is 5.58 Å². The van der Waals surface area contributed by atoms with Crippen molar-refractivity contribution in [3.8, 4) is 6.07 Å². The number of fused-ring (bicyclic) bond motifs is 1. The van der Waals surface area contributed by atoms with Gasteiger partial charge in [0.05, 0.1) is 18.0 Å². The first-order valence-corrected chi connectivity index (χ1v) is 4.85. The molecule has 0 saturated heterocycles. The minimum absolute atomic E-state index is 0.247. The molecule has 0 spiro atoms. The Labute approximate surface area is 91.7 Å². The van der Waals surface area contributed by atoms with Crippen LogP contribution in [0.3, 0.4) is 0 Å². The highest BCUT2D eigenvalue weighted by molar-refractivity contribution is 5.73. The maximum absolute atomic E-state index is 11.3. The third-order valence-corrected chi connectivity index (χ3v) is 2.55. The molecule has 82 valence electrons. The molecule has 2 N–H and O–H groups in total. The van der Waals surface area contributed by atoms with Gasteiger partial charge in [-0.05, 0) is 17.7 Å². The number of hydrogen-bond acceptors (Lipinski definition) is 4. The second-order valence-corrected chi connectivity index (χ2v) is 3.62. The highest BCUT2D eigenvalue weighted by Gasteiger charge is 2.10. The summed E-state index contributed by atoms with van der Waals surface area (Å²) in [7, 11) is 1.63. The Morgan fingerprint density at radius 1 is 1.62 bits per heavy atom. The molecule has 0 aliphatic rings. The van der Waals surface area contributed by atoms with E-state index in [1.807, 2.05) is 6.07 Å². The largest absolute Gasteiger partial charge is 0.419 e. The average molecular weight is 217 g/mol. The van der Waals surface area contributed by atoms with E-state index in [0.29, 0.717) is 11.1 Å². The molecule has 5 heteroatoms. The van der Waals surface area contributed by atoms with Gasteiger partial charge in [-0.2, -0.15) is 5.26 Å². The summed E-state index contributed by atoms with van der Waals surface area (Å²) in [6.07, 6.45) is 0.247. The molecule has 1 heterocycles. The summed E-state index contributed by atoms with van der Waals surface area (Å²) in [6, 6.07) is 6.93. The topological polar surface area (TPSA) is 84.9 Å². The van der Waals surface area contributed by atoms with Crippen LogP contribution in [0.25, 0.3) is 11.1 Å². The smallest absolute Gasteiger partial charge is 0.408 e. The minimum atomic E-state index is -0.402.